The van der Waals surface area contributed by atoms with Crippen molar-refractivity contribution in [1.29, 1.82) is 0 Å². The van der Waals surface area contributed by atoms with E-state index < -0.39 is 17.4 Å². The molecule has 0 aliphatic heterocycles. The molecule has 35 heavy (non-hydrogen) atoms. The second-order valence-corrected chi connectivity index (χ2v) is 8.39. The van der Waals surface area contributed by atoms with Gasteiger partial charge in [0.25, 0.3) is 0 Å². The van der Waals surface area contributed by atoms with Gasteiger partial charge >= 0.3 is 11.9 Å². The molecule has 2 aromatic heterocycles. The summed E-state index contributed by atoms with van der Waals surface area (Å²) in [4.78, 5) is 22.2. The van der Waals surface area contributed by atoms with Crippen LogP contribution >= 0.6 is 12.8 Å². The van der Waals surface area contributed by atoms with Crippen LogP contribution in [0.2, 0.25) is 0 Å². The van der Waals surface area contributed by atoms with Crippen molar-refractivity contribution in [3.8, 4) is 5.75 Å². The van der Waals surface area contributed by atoms with Crippen molar-refractivity contribution >= 4 is 29.8 Å². The summed E-state index contributed by atoms with van der Waals surface area (Å²) in [6, 6.07) is 12.2. The molecule has 0 amide bonds. The van der Waals surface area contributed by atoms with Gasteiger partial charge in [-0.3, -0.25) is 4.57 Å². The molecule has 4 aromatic rings. The number of hydrogen-bond donors (Lipinski definition) is 2. The fourth-order valence-corrected chi connectivity index (χ4v) is 3.98. The summed E-state index contributed by atoms with van der Waals surface area (Å²) in [5.41, 5.74) is 1.07. The van der Waals surface area contributed by atoms with E-state index in [4.69, 9.17) is 4.74 Å². The topological polar surface area (TPSA) is 74.0 Å². The van der Waals surface area contributed by atoms with Crippen LogP contribution in [0.4, 0.5) is 19.0 Å². The third kappa shape index (κ3) is 5.29. The molecule has 0 saturated heterocycles. The van der Waals surface area contributed by atoms with E-state index in [1.165, 1.54) is 16.7 Å². The van der Waals surface area contributed by atoms with Gasteiger partial charge in [-0.15, -0.1) is 0 Å². The summed E-state index contributed by atoms with van der Waals surface area (Å²) in [5.74, 6) is 1.75. The molecule has 0 saturated carbocycles. The number of anilines is 1. The van der Waals surface area contributed by atoms with Gasteiger partial charge in [-0.2, -0.15) is 13.2 Å². The third-order valence-electron chi connectivity index (χ3n) is 5.51. The minimum absolute atomic E-state index is 0.0432. The molecular formula is C24H24F3N5O2S. The summed E-state index contributed by atoms with van der Waals surface area (Å²) >= 11 is 4.37. The standard InChI is InChI=1S/C24H24F3N5O2S/c1-3-4-19-29-21(28-13-15-7-11-18(34-2)12-8-15)20-22(30-19)31(23(33)32(20)35)14-16-5-9-17(10-6-16)24(25,26)27/h5-12,35H,3-4,13-14H2,1-2H3,(H,28,29,30). The zero-order valence-electron chi connectivity index (χ0n) is 19.1. The highest BCUT2D eigenvalue weighted by Gasteiger charge is 2.30. The smallest absolute Gasteiger partial charge is 0.416 e. The lowest BCUT2D eigenvalue weighted by Crippen LogP contribution is -2.21. The molecule has 0 spiro atoms. The Hall–Kier alpha value is -3.47. The number of fused-ring (bicyclic) bond motifs is 1. The van der Waals surface area contributed by atoms with E-state index in [0.29, 0.717) is 41.3 Å². The Morgan fingerprint density at radius 2 is 1.69 bits per heavy atom. The Morgan fingerprint density at radius 1 is 1.03 bits per heavy atom. The number of aryl methyl sites for hydroxylation is 1. The van der Waals surface area contributed by atoms with Crippen molar-refractivity contribution in [3.05, 3.63) is 81.5 Å². The number of halogens is 3. The van der Waals surface area contributed by atoms with E-state index in [0.717, 1.165) is 33.8 Å². The van der Waals surface area contributed by atoms with Gasteiger partial charge in [0, 0.05) is 13.0 Å². The molecule has 2 heterocycles. The van der Waals surface area contributed by atoms with Crippen molar-refractivity contribution in [1.82, 2.24) is 18.5 Å². The quantitative estimate of drug-likeness (QED) is 0.334. The normalized spacial score (nSPS) is 11.7. The highest BCUT2D eigenvalue weighted by Crippen LogP contribution is 2.29. The maximum Gasteiger partial charge on any atom is 0.416 e. The number of benzene rings is 2. The summed E-state index contributed by atoms with van der Waals surface area (Å²) in [5, 5.41) is 3.27. The van der Waals surface area contributed by atoms with E-state index >= 15 is 0 Å². The monoisotopic (exact) mass is 503 g/mol. The largest absolute Gasteiger partial charge is 0.497 e. The van der Waals surface area contributed by atoms with Crippen LogP contribution in [-0.4, -0.2) is 25.6 Å². The summed E-state index contributed by atoms with van der Waals surface area (Å²) in [7, 11) is 1.60. The lowest BCUT2D eigenvalue weighted by atomic mass is 10.1. The molecule has 2 aromatic carbocycles. The molecule has 0 unspecified atom stereocenters. The van der Waals surface area contributed by atoms with Gasteiger partial charge in [-0.25, -0.2) is 18.7 Å². The van der Waals surface area contributed by atoms with Crippen LogP contribution in [0.15, 0.2) is 53.3 Å². The number of nitrogens with zero attached hydrogens (tertiary/aromatic N) is 4. The van der Waals surface area contributed by atoms with E-state index in [1.54, 1.807) is 7.11 Å². The number of alkyl halides is 3. The fraction of sp³-hybridized carbons (Fsp3) is 0.292. The molecule has 7 nitrogen and oxygen atoms in total. The second kappa shape index (κ2) is 10.0. The predicted molar refractivity (Wildman–Crippen MR) is 131 cm³/mol. The molecular weight excluding hydrogens is 479 g/mol. The minimum Gasteiger partial charge on any atom is -0.497 e. The van der Waals surface area contributed by atoms with Gasteiger partial charge in [0.1, 0.15) is 17.1 Å². The van der Waals surface area contributed by atoms with Crippen LogP contribution in [0, 0.1) is 0 Å². The SMILES string of the molecule is CCCc1nc(NCc2ccc(OC)cc2)c2c(n1)n(Cc1ccc(C(F)(F)F)cc1)c(=O)n2S. The van der Waals surface area contributed by atoms with E-state index in [-0.39, 0.29) is 6.54 Å². The molecule has 0 fully saturated rings. The first-order valence-corrected chi connectivity index (χ1v) is 11.4. The average molecular weight is 504 g/mol. The summed E-state index contributed by atoms with van der Waals surface area (Å²) < 4.78 is 46.5. The number of imidazole rings is 1. The zero-order chi connectivity index (χ0) is 25.2. The Balaban J connectivity index is 1.71. The first kappa shape index (κ1) is 24.6. The Bertz CT molecular complexity index is 1380. The number of nitrogens with one attached hydrogen (secondary N) is 1. The van der Waals surface area contributed by atoms with Gasteiger partial charge in [-0.1, -0.05) is 44.0 Å². The van der Waals surface area contributed by atoms with E-state index in [1.807, 2.05) is 31.2 Å². The predicted octanol–water partition coefficient (Wildman–Crippen LogP) is 4.93. The molecule has 184 valence electrons. The number of methoxy groups -OCH3 is 1. The van der Waals surface area contributed by atoms with Gasteiger partial charge in [-0.05, 0) is 41.8 Å². The third-order valence-corrected chi connectivity index (χ3v) is 5.88. The number of rotatable bonds is 8. The molecule has 0 atom stereocenters. The van der Waals surface area contributed by atoms with Gasteiger partial charge in [0.15, 0.2) is 11.5 Å². The highest BCUT2D eigenvalue weighted by molar-refractivity contribution is 7.78. The molecule has 0 aliphatic carbocycles. The molecule has 11 heteroatoms. The summed E-state index contributed by atoms with van der Waals surface area (Å²) in [6.45, 7) is 2.48. The van der Waals surface area contributed by atoms with Crippen LogP contribution in [0.5, 0.6) is 5.75 Å². The first-order chi connectivity index (χ1) is 16.7. The first-order valence-electron chi connectivity index (χ1n) is 11.0. The zero-order valence-corrected chi connectivity index (χ0v) is 20.0. The van der Waals surface area contributed by atoms with Gasteiger partial charge in [0.05, 0.1) is 19.2 Å². The van der Waals surface area contributed by atoms with Gasteiger partial charge in [0.2, 0.25) is 0 Å². The molecule has 0 bridgehead atoms. The van der Waals surface area contributed by atoms with Crippen molar-refractivity contribution < 1.29 is 17.9 Å². The number of aromatic nitrogens is 4. The Kier molecular flexibility index (Phi) is 7.06. The fourth-order valence-electron chi connectivity index (χ4n) is 3.68. The highest BCUT2D eigenvalue weighted by atomic mass is 32.1. The molecule has 1 N–H and O–H groups in total. The van der Waals surface area contributed by atoms with Crippen LogP contribution in [-0.2, 0) is 25.7 Å². The molecule has 0 radical (unpaired) electrons. The average Bonchev–Trinajstić information content (AvgIpc) is 3.07. The molecule has 4 rings (SSSR count). The number of thiol groups is 1. The van der Waals surface area contributed by atoms with Crippen LogP contribution < -0.4 is 15.7 Å². The van der Waals surface area contributed by atoms with Crippen molar-refractivity contribution in [2.75, 3.05) is 12.4 Å². The number of ether oxygens (including phenoxy) is 1. The van der Waals surface area contributed by atoms with Crippen LogP contribution in [0.3, 0.4) is 0 Å². The molecule has 0 aliphatic rings. The van der Waals surface area contributed by atoms with E-state index in [2.05, 4.69) is 28.1 Å². The maximum absolute atomic E-state index is 13.0. The van der Waals surface area contributed by atoms with Crippen LogP contribution in [0.25, 0.3) is 11.2 Å². The lowest BCUT2D eigenvalue weighted by Gasteiger charge is -2.11. The Labute approximate surface area is 205 Å². The van der Waals surface area contributed by atoms with Crippen molar-refractivity contribution in [3.63, 3.8) is 0 Å². The van der Waals surface area contributed by atoms with Crippen molar-refractivity contribution in [2.24, 2.45) is 0 Å². The maximum atomic E-state index is 13.0. The number of hydrogen-bond acceptors (Lipinski definition) is 6. The van der Waals surface area contributed by atoms with E-state index in [9.17, 15) is 18.0 Å². The minimum atomic E-state index is -4.43. The van der Waals surface area contributed by atoms with Crippen molar-refractivity contribution in [2.45, 2.75) is 39.0 Å². The summed E-state index contributed by atoms with van der Waals surface area (Å²) in [6.07, 6.45) is -3.03. The van der Waals surface area contributed by atoms with Crippen LogP contribution in [0.1, 0.15) is 35.9 Å². The van der Waals surface area contributed by atoms with Gasteiger partial charge < -0.3 is 10.1 Å². The second-order valence-electron chi connectivity index (χ2n) is 7.99. The Morgan fingerprint density at radius 3 is 2.29 bits per heavy atom. The lowest BCUT2D eigenvalue weighted by molar-refractivity contribution is -0.137.